The van der Waals surface area contributed by atoms with Crippen molar-refractivity contribution in [2.24, 2.45) is 0 Å². The van der Waals surface area contributed by atoms with Gasteiger partial charge in [0.25, 0.3) is 11.8 Å². The fraction of sp³-hybridized carbons (Fsp3) is 0.0833. The largest absolute Gasteiger partial charge is 0.350 e. The highest BCUT2D eigenvalue weighted by Gasteiger charge is 2.41. The summed E-state index contributed by atoms with van der Waals surface area (Å²) in [5.74, 6) is -3.16. The van der Waals surface area contributed by atoms with Gasteiger partial charge in [0.15, 0.2) is 0 Å². The van der Waals surface area contributed by atoms with Crippen LogP contribution in [0, 0.1) is 25.5 Å². The molecule has 0 aliphatic carbocycles. The van der Waals surface area contributed by atoms with Crippen LogP contribution in [0.15, 0.2) is 72.4 Å². The van der Waals surface area contributed by atoms with E-state index in [9.17, 15) is 18.4 Å². The van der Waals surface area contributed by atoms with E-state index < -0.39 is 23.4 Å². The molecule has 0 fully saturated rings. The van der Waals surface area contributed by atoms with E-state index in [1.807, 2.05) is 32.0 Å². The van der Waals surface area contributed by atoms with Gasteiger partial charge in [-0.15, -0.1) is 0 Å². The number of hydrogen-bond donors (Lipinski definition) is 1. The molecule has 2 amide bonds. The number of nitrogens with zero attached hydrogens (tertiary/aromatic N) is 1. The molecule has 3 aromatic carbocycles. The van der Waals surface area contributed by atoms with Gasteiger partial charge in [-0.05, 0) is 54.8 Å². The molecule has 3 aromatic rings. The number of rotatable bonds is 4. The number of anilines is 2. The first kappa shape index (κ1) is 19.5. The third kappa shape index (κ3) is 3.37. The number of para-hydroxylation sites is 1. The van der Waals surface area contributed by atoms with Crippen LogP contribution in [0.5, 0.6) is 0 Å². The third-order valence-corrected chi connectivity index (χ3v) is 5.07. The topological polar surface area (TPSA) is 49.4 Å². The Kier molecular flexibility index (Phi) is 4.91. The zero-order valence-corrected chi connectivity index (χ0v) is 16.4. The normalized spacial score (nSPS) is 13.9. The van der Waals surface area contributed by atoms with Crippen LogP contribution in [0.3, 0.4) is 0 Å². The highest BCUT2D eigenvalue weighted by molar-refractivity contribution is 6.46. The summed E-state index contributed by atoms with van der Waals surface area (Å²) in [6.07, 6.45) is 0. The summed E-state index contributed by atoms with van der Waals surface area (Å²) in [6.45, 7) is 3.85. The van der Waals surface area contributed by atoms with Crippen LogP contribution in [0.25, 0.3) is 5.57 Å². The van der Waals surface area contributed by atoms with Crippen molar-refractivity contribution in [2.45, 2.75) is 13.8 Å². The van der Waals surface area contributed by atoms with Gasteiger partial charge >= 0.3 is 0 Å². The quantitative estimate of drug-likeness (QED) is 0.624. The number of aryl methyl sites for hydroxylation is 2. The monoisotopic (exact) mass is 404 g/mol. The van der Waals surface area contributed by atoms with Crippen molar-refractivity contribution in [3.8, 4) is 0 Å². The smallest absolute Gasteiger partial charge is 0.282 e. The van der Waals surface area contributed by atoms with E-state index in [4.69, 9.17) is 0 Å². The molecule has 150 valence electrons. The van der Waals surface area contributed by atoms with Crippen LogP contribution >= 0.6 is 0 Å². The highest BCUT2D eigenvalue weighted by atomic mass is 19.1. The predicted octanol–water partition coefficient (Wildman–Crippen LogP) is 4.98. The summed E-state index contributed by atoms with van der Waals surface area (Å²) in [6, 6.07) is 17.1. The first-order valence-electron chi connectivity index (χ1n) is 9.34. The van der Waals surface area contributed by atoms with Gasteiger partial charge in [0.2, 0.25) is 0 Å². The van der Waals surface area contributed by atoms with Crippen LogP contribution < -0.4 is 10.2 Å². The summed E-state index contributed by atoms with van der Waals surface area (Å²) >= 11 is 0. The van der Waals surface area contributed by atoms with Crippen molar-refractivity contribution in [3.63, 3.8) is 0 Å². The zero-order chi connectivity index (χ0) is 21.4. The molecule has 1 heterocycles. The lowest BCUT2D eigenvalue weighted by Crippen LogP contribution is -2.33. The number of amides is 2. The van der Waals surface area contributed by atoms with Crippen LogP contribution in [0.2, 0.25) is 0 Å². The Balaban J connectivity index is 1.86. The Morgan fingerprint density at radius 3 is 2.20 bits per heavy atom. The summed E-state index contributed by atoms with van der Waals surface area (Å²) in [4.78, 5) is 27.3. The summed E-state index contributed by atoms with van der Waals surface area (Å²) in [5, 5.41) is 3.01. The lowest BCUT2D eigenvalue weighted by molar-refractivity contribution is -0.120. The van der Waals surface area contributed by atoms with E-state index in [0.29, 0.717) is 17.3 Å². The summed E-state index contributed by atoms with van der Waals surface area (Å²) in [5.41, 5.74) is 3.02. The Morgan fingerprint density at radius 2 is 1.53 bits per heavy atom. The Morgan fingerprint density at radius 1 is 0.800 bits per heavy atom. The SMILES string of the molecule is Cc1ccc(C2=C(Nc3ccccc3)C(=O)N(c3ccc(F)cc3F)C2=O)cc1C. The number of benzene rings is 3. The number of hydrogen-bond acceptors (Lipinski definition) is 3. The minimum Gasteiger partial charge on any atom is -0.350 e. The van der Waals surface area contributed by atoms with Gasteiger partial charge in [-0.25, -0.2) is 13.7 Å². The lowest BCUT2D eigenvalue weighted by atomic mass is 9.99. The second-order valence-electron chi connectivity index (χ2n) is 7.08. The second-order valence-corrected chi connectivity index (χ2v) is 7.08. The fourth-order valence-corrected chi connectivity index (χ4v) is 3.36. The van der Waals surface area contributed by atoms with Crippen molar-refractivity contribution >= 4 is 28.8 Å². The second kappa shape index (κ2) is 7.55. The van der Waals surface area contributed by atoms with E-state index in [-0.39, 0.29) is 17.0 Å². The molecule has 6 heteroatoms. The van der Waals surface area contributed by atoms with Crippen LogP contribution in [0.4, 0.5) is 20.2 Å². The van der Waals surface area contributed by atoms with E-state index in [1.165, 1.54) is 0 Å². The lowest BCUT2D eigenvalue weighted by Gasteiger charge is -2.16. The number of carbonyl (C=O) groups excluding carboxylic acids is 2. The van der Waals surface area contributed by atoms with Gasteiger partial charge in [0.05, 0.1) is 11.3 Å². The van der Waals surface area contributed by atoms with Gasteiger partial charge in [0, 0.05) is 11.8 Å². The van der Waals surface area contributed by atoms with Crippen molar-refractivity contribution < 1.29 is 18.4 Å². The Hall–Kier alpha value is -3.80. The number of nitrogens with one attached hydrogen (secondary N) is 1. The van der Waals surface area contributed by atoms with Crippen LogP contribution in [-0.4, -0.2) is 11.8 Å². The summed E-state index contributed by atoms with van der Waals surface area (Å²) < 4.78 is 27.8. The van der Waals surface area contributed by atoms with Gasteiger partial charge in [0.1, 0.15) is 17.3 Å². The first-order valence-corrected chi connectivity index (χ1v) is 9.34. The molecule has 1 aliphatic heterocycles. The van der Waals surface area contributed by atoms with Crippen molar-refractivity contribution in [1.82, 2.24) is 0 Å². The average molecular weight is 404 g/mol. The Labute approximate surface area is 172 Å². The molecule has 0 atom stereocenters. The van der Waals surface area contributed by atoms with Gasteiger partial charge < -0.3 is 5.32 Å². The number of carbonyl (C=O) groups is 2. The number of imide groups is 1. The molecular formula is C24H18F2N2O2. The summed E-state index contributed by atoms with van der Waals surface area (Å²) in [7, 11) is 0. The standard InChI is InChI=1S/C24H18F2N2O2/c1-14-8-9-16(12-15(14)2)21-22(27-18-6-4-3-5-7-18)24(30)28(23(21)29)20-11-10-17(25)13-19(20)26/h3-13,27H,1-2H3. The minimum atomic E-state index is -0.989. The molecule has 0 saturated heterocycles. The molecule has 30 heavy (non-hydrogen) atoms. The van der Waals surface area contributed by atoms with Gasteiger partial charge in [-0.3, -0.25) is 9.59 Å². The van der Waals surface area contributed by atoms with E-state index in [1.54, 1.807) is 30.3 Å². The van der Waals surface area contributed by atoms with E-state index in [2.05, 4.69) is 5.32 Å². The van der Waals surface area contributed by atoms with Crippen molar-refractivity contribution in [1.29, 1.82) is 0 Å². The molecule has 0 unspecified atom stereocenters. The molecule has 0 bridgehead atoms. The number of halogens is 2. The molecule has 0 spiro atoms. The molecule has 1 N–H and O–H groups in total. The third-order valence-electron chi connectivity index (χ3n) is 5.07. The van der Waals surface area contributed by atoms with Gasteiger partial charge in [-0.2, -0.15) is 0 Å². The average Bonchev–Trinajstić information content (AvgIpc) is 2.95. The van der Waals surface area contributed by atoms with E-state index in [0.717, 1.165) is 28.2 Å². The van der Waals surface area contributed by atoms with Crippen LogP contribution in [0.1, 0.15) is 16.7 Å². The minimum absolute atomic E-state index is 0.0400. The van der Waals surface area contributed by atoms with E-state index >= 15 is 0 Å². The molecule has 1 aliphatic rings. The molecular weight excluding hydrogens is 386 g/mol. The molecule has 4 nitrogen and oxygen atoms in total. The van der Waals surface area contributed by atoms with Crippen LogP contribution in [-0.2, 0) is 9.59 Å². The molecule has 0 aromatic heterocycles. The molecule has 0 saturated carbocycles. The molecule has 4 rings (SSSR count). The molecule has 0 radical (unpaired) electrons. The zero-order valence-electron chi connectivity index (χ0n) is 16.4. The highest BCUT2D eigenvalue weighted by Crippen LogP contribution is 2.35. The van der Waals surface area contributed by atoms with Crippen molar-refractivity contribution in [2.75, 3.05) is 10.2 Å². The fourth-order valence-electron chi connectivity index (χ4n) is 3.36. The van der Waals surface area contributed by atoms with Gasteiger partial charge in [-0.1, -0.05) is 36.4 Å². The maximum absolute atomic E-state index is 14.4. The maximum Gasteiger partial charge on any atom is 0.282 e. The maximum atomic E-state index is 14.4. The van der Waals surface area contributed by atoms with Crippen molar-refractivity contribution in [3.05, 3.63) is 101 Å². The Bertz CT molecular complexity index is 1200. The first-order chi connectivity index (χ1) is 14.4. The predicted molar refractivity (Wildman–Crippen MR) is 112 cm³/mol.